The summed E-state index contributed by atoms with van der Waals surface area (Å²) in [4.78, 5) is 46.8. The lowest BCUT2D eigenvalue weighted by atomic mass is 9.81. The molecular formula is C27H42O7. The number of carboxylic acids is 1. The molecule has 4 atom stereocenters. The lowest BCUT2D eigenvalue weighted by molar-refractivity contribution is -0.149. The summed E-state index contributed by atoms with van der Waals surface area (Å²) in [5, 5.41) is 8.78. The fourth-order valence-electron chi connectivity index (χ4n) is 4.50. The van der Waals surface area contributed by atoms with Crippen LogP contribution in [-0.4, -0.2) is 41.5 Å². The minimum absolute atomic E-state index is 0.0612. The van der Waals surface area contributed by atoms with E-state index >= 15 is 0 Å². The SMILES string of the molecule is CCCCC(C)(C)C(=O)/C=C/[C@H]1[C@H](COC(C)=O)CC(OC(C)=O)[C@@H]1C/C=C\CCCC(=O)O. The normalized spacial score (nSPS) is 22.9. The molecule has 0 heterocycles. The van der Waals surface area contributed by atoms with Crippen LogP contribution in [-0.2, 0) is 28.7 Å². The van der Waals surface area contributed by atoms with Gasteiger partial charge in [0.1, 0.15) is 6.10 Å². The highest BCUT2D eigenvalue weighted by Crippen LogP contribution is 2.43. The first-order valence-corrected chi connectivity index (χ1v) is 12.4. The molecule has 7 heteroatoms. The van der Waals surface area contributed by atoms with E-state index in [0.717, 1.165) is 19.3 Å². The van der Waals surface area contributed by atoms with Crippen LogP contribution in [0.15, 0.2) is 24.3 Å². The van der Waals surface area contributed by atoms with Gasteiger partial charge < -0.3 is 14.6 Å². The van der Waals surface area contributed by atoms with Crippen molar-refractivity contribution >= 4 is 23.7 Å². The second-order valence-corrected chi connectivity index (χ2v) is 9.89. The first-order valence-electron chi connectivity index (χ1n) is 12.4. The van der Waals surface area contributed by atoms with E-state index in [9.17, 15) is 19.2 Å². The van der Waals surface area contributed by atoms with Gasteiger partial charge in [0.25, 0.3) is 0 Å². The van der Waals surface area contributed by atoms with Gasteiger partial charge in [-0.2, -0.15) is 0 Å². The molecular weight excluding hydrogens is 436 g/mol. The van der Waals surface area contributed by atoms with Crippen molar-refractivity contribution in [1.82, 2.24) is 0 Å². The Morgan fingerprint density at radius 3 is 2.35 bits per heavy atom. The van der Waals surface area contributed by atoms with Crippen LogP contribution in [0.1, 0.15) is 86.0 Å². The molecule has 1 unspecified atom stereocenters. The Labute approximate surface area is 204 Å². The summed E-state index contributed by atoms with van der Waals surface area (Å²) in [7, 11) is 0. The van der Waals surface area contributed by atoms with Gasteiger partial charge in [-0.05, 0) is 44.1 Å². The predicted octanol–water partition coefficient (Wildman–Crippen LogP) is 5.28. The second kappa shape index (κ2) is 14.7. The quantitative estimate of drug-likeness (QED) is 0.148. The number of carbonyl (C=O) groups excluding carboxylic acids is 3. The topological polar surface area (TPSA) is 107 Å². The maximum atomic E-state index is 12.9. The Morgan fingerprint density at radius 1 is 1.06 bits per heavy atom. The van der Waals surface area contributed by atoms with Gasteiger partial charge in [0, 0.05) is 37.5 Å². The number of carbonyl (C=O) groups is 4. The number of hydrogen-bond acceptors (Lipinski definition) is 6. The Morgan fingerprint density at radius 2 is 1.76 bits per heavy atom. The first kappa shape index (κ1) is 29.6. The monoisotopic (exact) mass is 478 g/mol. The molecule has 0 radical (unpaired) electrons. The van der Waals surface area contributed by atoms with E-state index in [1.165, 1.54) is 13.8 Å². The highest BCUT2D eigenvalue weighted by Gasteiger charge is 2.43. The van der Waals surface area contributed by atoms with Gasteiger partial charge in [0.05, 0.1) is 6.61 Å². The molecule has 7 nitrogen and oxygen atoms in total. The third-order valence-corrected chi connectivity index (χ3v) is 6.50. The summed E-state index contributed by atoms with van der Waals surface area (Å²) in [6.45, 7) is 8.96. The maximum absolute atomic E-state index is 12.9. The molecule has 0 saturated heterocycles. The van der Waals surface area contributed by atoms with Crippen LogP contribution in [0.25, 0.3) is 0 Å². The Bertz CT molecular complexity index is 750. The molecule has 1 aliphatic rings. The van der Waals surface area contributed by atoms with Crippen molar-refractivity contribution in [3.8, 4) is 0 Å². The van der Waals surface area contributed by atoms with E-state index < -0.39 is 11.4 Å². The zero-order chi connectivity index (χ0) is 25.7. The summed E-state index contributed by atoms with van der Waals surface area (Å²) in [6.07, 6.45) is 12.5. The first-order chi connectivity index (χ1) is 16.0. The number of carboxylic acid groups (broad SMARTS) is 1. The highest BCUT2D eigenvalue weighted by atomic mass is 16.5. The molecule has 0 spiro atoms. The van der Waals surface area contributed by atoms with Crippen molar-refractivity contribution in [2.75, 3.05) is 6.61 Å². The largest absolute Gasteiger partial charge is 0.481 e. The fraction of sp³-hybridized carbons (Fsp3) is 0.704. The standard InChI is InChI=1S/C27H42O7/c1-6-7-16-27(4,5)25(30)15-14-22-21(18-33-19(2)28)17-24(34-20(3)29)23(22)12-10-8-9-11-13-26(31)32/h8,10,14-15,21-24H,6-7,9,11-13,16-18H2,1-5H3,(H,31,32)/b10-8-,15-14+/t21-,22-,23+,24?/m0/s1. The minimum Gasteiger partial charge on any atom is -0.481 e. The summed E-state index contributed by atoms with van der Waals surface area (Å²) < 4.78 is 10.9. The van der Waals surface area contributed by atoms with Gasteiger partial charge in [0.15, 0.2) is 5.78 Å². The molecule has 0 aromatic heterocycles. The number of aliphatic carboxylic acids is 1. The highest BCUT2D eigenvalue weighted by molar-refractivity contribution is 5.94. The fourth-order valence-corrected chi connectivity index (χ4v) is 4.50. The van der Waals surface area contributed by atoms with Crippen molar-refractivity contribution in [2.45, 2.75) is 92.1 Å². The van der Waals surface area contributed by atoms with Crippen LogP contribution in [0.4, 0.5) is 0 Å². The molecule has 0 bridgehead atoms. The van der Waals surface area contributed by atoms with E-state index in [1.807, 2.05) is 32.1 Å². The van der Waals surface area contributed by atoms with Gasteiger partial charge in [-0.25, -0.2) is 0 Å². The van der Waals surface area contributed by atoms with Crippen molar-refractivity contribution in [2.24, 2.45) is 23.2 Å². The van der Waals surface area contributed by atoms with Gasteiger partial charge in [0.2, 0.25) is 0 Å². The molecule has 0 amide bonds. The van der Waals surface area contributed by atoms with Crippen LogP contribution in [0.3, 0.4) is 0 Å². The van der Waals surface area contributed by atoms with Crippen LogP contribution >= 0.6 is 0 Å². The maximum Gasteiger partial charge on any atom is 0.303 e. The minimum atomic E-state index is -0.816. The molecule has 1 aliphatic carbocycles. The molecule has 34 heavy (non-hydrogen) atoms. The number of hydrogen-bond donors (Lipinski definition) is 1. The second-order valence-electron chi connectivity index (χ2n) is 9.89. The summed E-state index contributed by atoms with van der Waals surface area (Å²) in [6, 6.07) is 0. The van der Waals surface area contributed by atoms with Gasteiger partial charge >= 0.3 is 17.9 Å². The summed E-state index contributed by atoms with van der Waals surface area (Å²) in [5.74, 6) is -1.73. The molecule has 1 rings (SSSR count). The van der Waals surface area contributed by atoms with Crippen LogP contribution in [0.5, 0.6) is 0 Å². The van der Waals surface area contributed by atoms with Gasteiger partial charge in [-0.3, -0.25) is 19.2 Å². The number of ketones is 1. The van der Waals surface area contributed by atoms with E-state index in [1.54, 1.807) is 6.08 Å². The zero-order valence-electron chi connectivity index (χ0n) is 21.4. The molecule has 1 fully saturated rings. The number of esters is 2. The summed E-state index contributed by atoms with van der Waals surface area (Å²) >= 11 is 0. The van der Waals surface area contributed by atoms with Crippen molar-refractivity contribution in [3.05, 3.63) is 24.3 Å². The van der Waals surface area contributed by atoms with Crippen LogP contribution in [0.2, 0.25) is 0 Å². The predicted molar refractivity (Wildman–Crippen MR) is 130 cm³/mol. The lowest BCUT2D eigenvalue weighted by Crippen LogP contribution is -2.25. The molecule has 192 valence electrons. The number of allylic oxidation sites excluding steroid dienone is 4. The Kier molecular flexibility index (Phi) is 12.8. The zero-order valence-corrected chi connectivity index (χ0v) is 21.4. The molecule has 1 saturated carbocycles. The third kappa shape index (κ3) is 10.7. The van der Waals surface area contributed by atoms with Crippen LogP contribution < -0.4 is 0 Å². The van der Waals surface area contributed by atoms with Gasteiger partial charge in [-0.1, -0.05) is 51.8 Å². The van der Waals surface area contributed by atoms with E-state index in [0.29, 0.717) is 25.7 Å². The third-order valence-electron chi connectivity index (χ3n) is 6.50. The van der Waals surface area contributed by atoms with E-state index in [4.69, 9.17) is 14.6 Å². The van der Waals surface area contributed by atoms with Crippen LogP contribution in [0, 0.1) is 23.2 Å². The van der Waals surface area contributed by atoms with Crippen molar-refractivity contribution in [3.63, 3.8) is 0 Å². The molecule has 0 aromatic carbocycles. The summed E-state index contributed by atoms with van der Waals surface area (Å²) in [5.41, 5.74) is -0.453. The number of unbranched alkanes of at least 4 members (excludes halogenated alkanes) is 2. The van der Waals surface area contributed by atoms with Crippen molar-refractivity contribution < 1.29 is 33.8 Å². The van der Waals surface area contributed by atoms with Gasteiger partial charge in [-0.15, -0.1) is 0 Å². The number of ether oxygens (including phenoxy) is 2. The molecule has 1 N–H and O–H groups in total. The Balaban J connectivity index is 3.06. The van der Waals surface area contributed by atoms with E-state index in [2.05, 4.69) is 6.92 Å². The van der Waals surface area contributed by atoms with Crippen molar-refractivity contribution in [1.29, 1.82) is 0 Å². The number of rotatable bonds is 15. The lowest BCUT2D eigenvalue weighted by Gasteiger charge is -2.24. The van der Waals surface area contributed by atoms with E-state index in [-0.39, 0.29) is 54.6 Å². The average molecular weight is 479 g/mol. The molecule has 0 aromatic rings. The Hall–Kier alpha value is -2.44. The smallest absolute Gasteiger partial charge is 0.303 e. The molecule has 0 aliphatic heterocycles. The average Bonchev–Trinajstić information content (AvgIpc) is 3.06.